The number of anilines is 1. The van der Waals surface area contributed by atoms with Crippen molar-refractivity contribution in [1.29, 1.82) is 0 Å². The van der Waals surface area contributed by atoms with Crippen LogP contribution in [0.25, 0.3) is 0 Å². The summed E-state index contributed by atoms with van der Waals surface area (Å²) in [7, 11) is 0. The highest BCUT2D eigenvalue weighted by molar-refractivity contribution is 5.46. The first-order valence-electron chi connectivity index (χ1n) is 6.43. The van der Waals surface area contributed by atoms with Gasteiger partial charge in [-0.25, -0.2) is 0 Å². The molecular formula is C14H21F3N2O. The van der Waals surface area contributed by atoms with Gasteiger partial charge in [-0.15, -0.1) is 0 Å². The van der Waals surface area contributed by atoms with Crippen LogP contribution in [-0.2, 0) is 12.7 Å². The minimum absolute atomic E-state index is 0.0895. The number of nitrogens with zero attached hydrogens (tertiary/aromatic N) is 1. The van der Waals surface area contributed by atoms with Crippen molar-refractivity contribution in [2.24, 2.45) is 0 Å². The van der Waals surface area contributed by atoms with Crippen molar-refractivity contribution in [3.63, 3.8) is 0 Å². The third-order valence-electron chi connectivity index (χ3n) is 2.89. The fourth-order valence-corrected chi connectivity index (χ4v) is 2.06. The van der Waals surface area contributed by atoms with Gasteiger partial charge < -0.3 is 10.8 Å². The predicted molar refractivity (Wildman–Crippen MR) is 73.1 cm³/mol. The lowest BCUT2D eigenvalue weighted by Gasteiger charge is -2.29. The molecule has 1 aromatic carbocycles. The standard InChI is InChI=1S/C14H21F3N2O/c1-4-19(9-13(2,3)20)8-10-5-6-11(18)7-12(10)14(15,16)17/h5-7,20H,4,8-9,18H2,1-3H3. The van der Waals surface area contributed by atoms with E-state index in [1.807, 2.05) is 6.92 Å². The number of nitrogen functional groups attached to an aromatic ring is 1. The molecule has 0 atom stereocenters. The molecule has 20 heavy (non-hydrogen) atoms. The molecule has 0 amide bonds. The van der Waals surface area contributed by atoms with E-state index in [4.69, 9.17) is 5.73 Å². The van der Waals surface area contributed by atoms with E-state index in [1.165, 1.54) is 12.1 Å². The van der Waals surface area contributed by atoms with E-state index in [9.17, 15) is 18.3 Å². The first-order valence-corrected chi connectivity index (χ1v) is 6.43. The monoisotopic (exact) mass is 290 g/mol. The number of hydrogen-bond donors (Lipinski definition) is 2. The Morgan fingerprint density at radius 3 is 2.30 bits per heavy atom. The number of likely N-dealkylation sites (N-methyl/N-ethyl adjacent to an activating group) is 1. The van der Waals surface area contributed by atoms with Crippen molar-refractivity contribution in [3.05, 3.63) is 29.3 Å². The summed E-state index contributed by atoms with van der Waals surface area (Å²) < 4.78 is 39.0. The van der Waals surface area contributed by atoms with Crippen LogP contribution in [0.4, 0.5) is 18.9 Å². The zero-order chi connectivity index (χ0) is 15.6. The Morgan fingerprint density at radius 2 is 1.85 bits per heavy atom. The maximum absolute atomic E-state index is 13.0. The van der Waals surface area contributed by atoms with Crippen molar-refractivity contribution in [3.8, 4) is 0 Å². The summed E-state index contributed by atoms with van der Waals surface area (Å²) in [6, 6.07) is 3.81. The lowest BCUT2D eigenvalue weighted by molar-refractivity contribution is -0.138. The molecule has 0 aliphatic rings. The predicted octanol–water partition coefficient (Wildman–Crippen LogP) is 2.88. The molecule has 1 aromatic rings. The number of nitrogens with two attached hydrogens (primary N) is 1. The second kappa shape index (κ2) is 6.01. The highest BCUT2D eigenvalue weighted by atomic mass is 19.4. The molecule has 6 heteroatoms. The molecule has 3 nitrogen and oxygen atoms in total. The second-order valence-corrected chi connectivity index (χ2v) is 5.53. The van der Waals surface area contributed by atoms with Crippen LogP contribution < -0.4 is 5.73 Å². The summed E-state index contributed by atoms with van der Waals surface area (Å²) in [5.74, 6) is 0. The zero-order valence-corrected chi connectivity index (χ0v) is 12.0. The minimum Gasteiger partial charge on any atom is -0.399 e. The Bertz CT molecular complexity index is 453. The highest BCUT2D eigenvalue weighted by Crippen LogP contribution is 2.34. The molecule has 0 aliphatic heterocycles. The van der Waals surface area contributed by atoms with Gasteiger partial charge in [0.15, 0.2) is 0 Å². The van der Waals surface area contributed by atoms with Gasteiger partial charge in [-0.05, 0) is 38.1 Å². The fourth-order valence-electron chi connectivity index (χ4n) is 2.06. The molecule has 0 fully saturated rings. The van der Waals surface area contributed by atoms with Crippen LogP contribution in [0.15, 0.2) is 18.2 Å². The Hall–Kier alpha value is -1.27. The van der Waals surface area contributed by atoms with Gasteiger partial charge in [0.25, 0.3) is 0 Å². The van der Waals surface area contributed by atoms with Crippen LogP contribution in [-0.4, -0.2) is 28.7 Å². The summed E-state index contributed by atoms with van der Waals surface area (Å²) in [5.41, 5.74) is 4.02. The number of hydrogen-bond acceptors (Lipinski definition) is 3. The maximum Gasteiger partial charge on any atom is 0.416 e. The van der Waals surface area contributed by atoms with Crippen molar-refractivity contribution in [2.45, 2.75) is 39.1 Å². The van der Waals surface area contributed by atoms with Gasteiger partial charge in [-0.1, -0.05) is 13.0 Å². The molecule has 0 saturated heterocycles. The Morgan fingerprint density at radius 1 is 1.25 bits per heavy atom. The summed E-state index contributed by atoms with van der Waals surface area (Å²) in [5, 5.41) is 9.79. The average molecular weight is 290 g/mol. The highest BCUT2D eigenvalue weighted by Gasteiger charge is 2.34. The molecule has 1 rings (SSSR count). The minimum atomic E-state index is -4.43. The van der Waals surface area contributed by atoms with Crippen LogP contribution in [0.2, 0.25) is 0 Å². The topological polar surface area (TPSA) is 49.5 Å². The molecule has 0 bridgehead atoms. The molecular weight excluding hydrogens is 269 g/mol. The summed E-state index contributed by atoms with van der Waals surface area (Å²) in [6.45, 7) is 6.06. The third-order valence-corrected chi connectivity index (χ3v) is 2.89. The van der Waals surface area contributed by atoms with Crippen molar-refractivity contribution >= 4 is 5.69 Å². The van der Waals surface area contributed by atoms with E-state index >= 15 is 0 Å². The molecule has 0 aliphatic carbocycles. The normalized spacial score (nSPS) is 13.0. The van der Waals surface area contributed by atoms with Gasteiger partial charge in [-0.3, -0.25) is 4.90 Å². The van der Waals surface area contributed by atoms with Gasteiger partial charge in [0.1, 0.15) is 0 Å². The quantitative estimate of drug-likeness (QED) is 0.820. The molecule has 0 aromatic heterocycles. The van der Waals surface area contributed by atoms with Crippen LogP contribution in [0.1, 0.15) is 31.9 Å². The molecule has 0 unspecified atom stereocenters. The zero-order valence-electron chi connectivity index (χ0n) is 12.0. The van der Waals surface area contributed by atoms with E-state index in [2.05, 4.69) is 0 Å². The van der Waals surface area contributed by atoms with E-state index < -0.39 is 17.3 Å². The van der Waals surface area contributed by atoms with Gasteiger partial charge in [0.2, 0.25) is 0 Å². The van der Waals surface area contributed by atoms with Gasteiger partial charge in [-0.2, -0.15) is 13.2 Å². The SMILES string of the molecule is CCN(Cc1ccc(N)cc1C(F)(F)F)CC(C)(C)O. The molecule has 0 saturated carbocycles. The molecule has 0 spiro atoms. The average Bonchev–Trinajstić information content (AvgIpc) is 2.27. The van der Waals surface area contributed by atoms with Crippen LogP contribution in [0.3, 0.4) is 0 Å². The summed E-state index contributed by atoms with van der Waals surface area (Å²) in [4.78, 5) is 1.76. The second-order valence-electron chi connectivity index (χ2n) is 5.53. The van der Waals surface area contributed by atoms with Crippen molar-refractivity contribution in [2.75, 3.05) is 18.8 Å². The van der Waals surface area contributed by atoms with Crippen LogP contribution in [0, 0.1) is 0 Å². The van der Waals surface area contributed by atoms with Gasteiger partial charge >= 0.3 is 6.18 Å². The molecule has 114 valence electrons. The lowest BCUT2D eigenvalue weighted by Crippen LogP contribution is -2.38. The third kappa shape index (κ3) is 5.02. The van der Waals surface area contributed by atoms with Gasteiger partial charge in [0.05, 0.1) is 11.2 Å². The van der Waals surface area contributed by atoms with Gasteiger partial charge in [0, 0.05) is 18.8 Å². The smallest absolute Gasteiger partial charge is 0.399 e. The maximum atomic E-state index is 13.0. The van der Waals surface area contributed by atoms with Crippen LogP contribution in [0.5, 0.6) is 0 Å². The van der Waals surface area contributed by atoms with Crippen molar-refractivity contribution in [1.82, 2.24) is 4.90 Å². The number of aliphatic hydroxyl groups is 1. The lowest BCUT2D eigenvalue weighted by atomic mass is 10.0. The largest absolute Gasteiger partial charge is 0.416 e. The Balaban J connectivity index is 3.02. The van der Waals surface area contributed by atoms with Crippen LogP contribution >= 0.6 is 0 Å². The molecule has 0 radical (unpaired) electrons. The number of alkyl halides is 3. The van der Waals surface area contributed by atoms with Crippen molar-refractivity contribution < 1.29 is 18.3 Å². The Kier molecular flexibility index (Phi) is 5.05. The first-order chi connectivity index (χ1) is 9.03. The summed E-state index contributed by atoms with van der Waals surface area (Å²) in [6.07, 6.45) is -4.43. The van der Waals surface area contributed by atoms with E-state index in [1.54, 1.807) is 18.7 Å². The molecule has 3 N–H and O–H groups in total. The number of benzene rings is 1. The van der Waals surface area contributed by atoms with E-state index in [0.717, 1.165) is 6.07 Å². The van der Waals surface area contributed by atoms with E-state index in [0.29, 0.717) is 13.1 Å². The first kappa shape index (κ1) is 16.8. The number of rotatable bonds is 5. The molecule has 0 heterocycles. The fraction of sp³-hybridized carbons (Fsp3) is 0.571. The summed E-state index contributed by atoms with van der Waals surface area (Å²) >= 11 is 0. The number of halogens is 3. The Labute approximate surface area is 117 Å². The van der Waals surface area contributed by atoms with E-state index in [-0.39, 0.29) is 17.8 Å².